The van der Waals surface area contributed by atoms with Crippen LogP contribution in [0, 0.1) is 11.3 Å². The summed E-state index contributed by atoms with van der Waals surface area (Å²) >= 11 is 0. The molecular formula is C13H17N5. The van der Waals surface area contributed by atoms with Gasteiger partial charge >= 0.3 is 0 Å². The van der Waals surface area contributed by atoms with Gasteiger partial charge in [-0.1, -0.05) is 13.8 Å². The standard InChI is InChI=1S/C13H17N5/c1-3-6-17(7-4-2)12-5-8-18-13(16-12)11(9-14)10-15-18/h5,8,10H,3-4,6-7H2,1-2H3. The fourth-order valence-electron chi connectivity index (χ4n) is 2.00. The molecular weight excluding hydrogens is 226 g/mol. The van der Waals surface area contributed by atoms with Crippen molar-refractivity contribution in [2.75, 3.05) is 18.0 Å². The first kappa shape index (κ1) is 12.4. The lowest BCUT2D eigenvalue weighted by Crippen LogP contribution is -2.26. The number of hydrogen-bond acceptors (Lipinski definition) is 4. The molecule has 18 heavy (non-hydrogen) atoms. The van der Waals surface area contributed by atoms with Crippen LogP contribution in [-0.4, -0.2) is 27.7 Å². The Morgan fingerprint density at radius 3 is 2.67 bits per heavy atom. The zero-order valence-electron chi connectivity index (χ0n) is 10.8. The van der Waals surface area contributed by atoms with Crippen LogP contribution < -0.4 is 4.90 Å². The predicted molar refractivity (Wildman–Crippen MR) is 70.5 cm³/mol. The fraction of sp³-hybridized carbons (Fsp3) is 0.462. The summed E-state index contributed by atoms with van der Waals surface area (Å²) in [6, 6.07) is 4.07. The SMILES string of the molecule is CCCN(CCC)c1ccn2ncc(C#N)c2n1. The van der Waals surface area contributed by atoms with E-state index >= 15 is 0 Å². The fourth-order valence-corrected chi connectivity index (χ4v) is 2.00. The van der Waals surface area contributed by atoms with E-state index in [2.05, 4.69) is 34.9 Å². The maximum atomic E-state index is 9.00. The Bertz CT molecular complexity index is 560. The lowest BCUT2D eigenvalue weighted by molar-refractivity contribution is 0.732. The van der Waals surface area contributed by atoms with E-state index in [1.165, 1.54) is 0 Å². The third-order valence-corrected chi connectivity index (χ3v) is 2.79. The van der Waals surface area contributed by atoms with Crippen molar-refractivity contribution in [2.45, 2.75) is 26.7 Å². The number of rotatable bonds is 5. The zero-order valence-corrected chi connectivity index (χ0v) is 10.8. The highest BCUT2D eigenvalue weighted by molar-refractivity contribution is 5.57. The number of anilines is 1. The summed E-state index contributed by atoms with van der Waals surface area (Å²) in [6.07, 6.45) is 5.57. The minimum atomic E-state index is 0.518. The minimum absolute atomic E-state index is 0.518. The maximum Gasteiger partial charge on any atom is 0.175 e. The molecule has 2 heterocycles. The molecule has 5 nitrogen and oxygen atoms in total. The molecule has 0 saturated heterocycles. The second kappa shape index (κ2) is 5.50. The molecule has 0 bridgehead atoms. The Morgan fingerprint density at radius 1 is 1.33 bits per heavy atom. The minimum Gasteiger partial charge on any atom is -0.357 e. The highest BCUT2D eigenvalue weighted by Gasteiger charge is 2.10. The molecule has 94 valence electrons. The van der Waals surface area contributed by atoms with Gasteiger partial charge in [0.25, 0.3) is 0 Å². The number of nitrogens with zero attached hydrogens (tertiary/aromatic N) is 5. The van der Waals surface area contributed by atoms with Gasteiger partial charge in [-0.3, -0.25) is 0 Å². The van der Waals surface area contributed by atoms with Gasteiger partial charge in [0.05, 0.1) is 6.20 Å². The molecule has 5 heteroatoms. The summed E-state index contributed by atoms with van der Waals surface area (Å²) in [7, 11) is 0. The Labute approximate surface area is 107 Å². The highest BCUT2D eigenvalue weighted by atomic mass is 15.3. The molecule has 0 atom stereocenters. The van der Waals surface area contributed by atoms with E-state index in [-0.39, 0.29) is 0 Å². The van der Waals surface area contributed by atoms with Crippen LogP contribution >= 0.6 is 0 Å². The maximum absolute atomic E-state index is 9.00. The van der Waals surface area contributed by atoms with E-state index in [0.717, 1.165) is 31.7 Å². The molecule has 0 radical (unpaired) electrons. The quantitative estimate of drug-likeness (QED) is 0.808. The van der Waals surface area contributed by atoms with Gasteiger partial charge in [0, 0.05) is 19.3 Å². The second-order valence-corrected chi connectivity index (χ2v) is 4.21. The van der Waals surface area contributed by atoms with Gasteiger partial charge in [0.2, 0.25) is 0 Å². The van der Waals surface area contributed by atoms with Crippen LogP contribution in [0.4, 0.5) is 5.82 Å². The van der Waals surface area contributed by atoms with Crippen molar-refractivity contribution >= 4 is 11.5 Å². The average Bonchev–Trinajstić information content (AvgIpc) is 2.80. The first-order valence-electron chi connectivity index (χ1n) is 6.29. The molecule has 2 aromatic rings. The largest absolute Gasteiger partial charge is 0.357 e. The summed E-state index contributed by atoms with van der Waals surface area (Å²) in [5.74, 6) is 0.920. The van der Waals surface area contributed by atoms with Crippen LogP contribution in [0.25, 0.3) is 5.65 Å². The first-order chi connectivity index (χ1) is 8.80. The van der Waals surface area contributed by atoms with E-state index in [0.29, 0.717) is 11.2 Å². The smallest absolute Gasteiger partial charge is 0.175 e. The summed E-state index contributed by atoms with van der Waals surface area (Å²) in [6.45, 7) is 6.27. The average molecular weight is 243 g/mol. The van der Waals surface area contributed by atoms with Crippen molar-refractivity contribution in [1.29, 1.82) is 5.26 Å². The molecule has 0 saturated carbocycles. The van der Waals surface area contributed by atoms with Gasteiger partial charge < -0.3 is 4.90 Å². The van der Waals surface area contributed by atoms with Crippen molar-refractivity contribution in [3.8, 4) is 6.07 Å². The molecule has 0 spiro atoms. The lowest BCUT2D eigenvalue weighted by atomic mass is 10.3. The van der Waals surface area contributed by atoms with Crippen LogP contribution in [0.15, 0.2) is 18.5 Å². The van der Waals surface area contributed by atoms with Crippen LogP contribution in [0.1, 0.15) is 32.3 Å². The molecule has 0 aliphatic heterocycles. The lowest BCUT2D eigenvalue weighted by Gasteiger charge is -2.22. The van der Waals surface area contributed by atoms with Crippen molar-refractivity contribution in [1.82, 2.24) is 14.6 Å². The number of hydrogen-bond donors (Lipinski definition) is 0. The van der Waals surface area contributed by atoms with E-state index in [1.54, 1.807) is 10.7 Å². The molecule has 0 aromatic carbocycles. The van der Waals surface area contributed by atoms with Gasteiger partial charge in [-0.2, -0.15) is 10.4 Å². The van der Waals surface area contributed by atoms with E-state index in [4.69, 9.17) is 5.26 Å². The number of aromatic nitrogens is 3. The summed E-state index contributed by atoms with van der Waals surface area (Å²) < 4.78 is 1.64. The third-order valence-electron chi connectivity index (χ3n) is 2.79. The van der Waals surface area contributed by atoms with Crippen molar-refractivity contribution in [2.24, 2.45) is 0 Å². The zero-order chi connectivity index (χ0) is 13.0. The topological polar surface area (TPSA) is 57.2 Å². The molecule has 0 amide bonds. The molecule has 0 unspecified atom stereocenters. The molecule has 0 N–H and O–H groups in total. The second-order valence-electron chi connectivity index (χ2n) is 4.21. The van der Waals surface area contributed by atoms with Crippen LogP contribution in [-0.2, 0) is 0 Å². The van der Waals surface area contributed by atoms with Crippen LogP contribution in [0.5, 0.6) is 0 Å². The molecule has 0 aliphatic carbocycles. The van der Waals surface area contributed by atoms with Crippen molar-refractivity contribution < 1.29 is 0 Å². The van der Waals surface area contributed by atoms with Crippen molar-refractivity contribution in [3.63, 3.8) is 0 Å². The summed E-state index contributed by atoms with van der Waals surface area (Å²) in [5, 5.41) is 13.1. The molecule has 2 rings (SSSR count). The monoisotopic (exact) mass is 243 g/mol. The highest BCUT2D eigenvalue weighted by Crippen LogP contribution is 2.15. The predicted octanol–water partition coefficient (Wildman–Crippen LogP) is 2.23. The molecule has 0 aliphatic rings. The number of fused-ring (bicyclic) bond motifs is 1. The Kier molecular flexibility index (Phi) is 3.78. The van der Waals surface area contributed by atoms with Crippen LogP contribution in [0.2, 0.25) is 0 Å². The summed E-state index contributed by atoms with van der Waals surface area (Å²) in [5.41, 5.74) is 1.15. The number of nitriles is 1. The summed E-state index contributed by atoms with van der Waals surface area (Å²) in [4.78, 5) is 6.79. The third kappa shape index (κ3) is 2.28. The Morgan fingerprint density at radius 2 is 2.06 bits per heavy atom. The van der Waals surface area contributed by atoms with E-state index < -0.39 is 0 Å². The first-order valence-corrected chi connectivity index (χ1v) is 6.29. The van der Waals surface area contributed by atoms with Crippen molar-refractivity contribution in [3.05, 3.63) is 24.0 Å². The van der Waals surface area contributed by atoms with E-state index in [1.807, 2.05) is 12.3 Å². The van der Waals surface area contributed by atoms with Gasteiger partial charge in [0.15, 0.2) is 5.65 Å². The van der Waals surface area contributed by atoms with Gasteiger partial charge in [-0.25, -0.2) is 9.50 Å². The molecule has 0 fully saturated rings. The van der Waals surface area contributed by atoms with Gasteiger partial charge in [0.1, 0.15) is 17.5 Å². The normalized spacial score (nSPS) is 10.5. The Hall–Kier alpha value is -2.09. The van der Waals surface area contributed by atoms with Gasteiger partial charge in [-0.15, -0.1) is 0 Å². The molecule has 2 aromatic heterocycles. The Balaban J connectivity index is 2.40. The van der Waals surface area contributed by atoms with Crippen LogP contribution in [0.3, 0.4) is 0 Å². The van der Waals surface area contributed by atoms with E-state index in [9.17, 15) is 0 Å². The van der Waals surface area contributed by atoms with Gasteiger partial charge in [-0.05, 0) is 18.9 Å².